The maximum absolute atomic E-state index is 12.9. The van der Waals surface area contributed by atoms with Gasteiger partial charge in [0.1, 0.15) is 0 Å². The molecule has 104 valence electrons. The minimum Gasteiger partial charge on any atom is -0.254 e. The van der Waals surface area contributed by atoms with Crippen LogP contribution in [-0.4, -0.2) is 9.46 Å². The van der Waals surface area contributed by atoms with Crippen molar-refractivity contribution in [1.82, 2.24) is 0 Å². The highest BCUT2D eigenvalue weighted by Crippen LogP contribution is 2.29. The van der Waals surface area contributed by atoms with Gasteiger partial charge in [0, 0.05) is 10.1 Å². The van der Waals surface area contributed by atoms with Crippen LogP contribution in [0.15, 0.2) is 71.6 Å². The van der Waals surface area contributed by atoms with E-state index in [4.69, 9.17) is 0 Å². The van der Waals surface area contributed by atoms with Gasteiger partial charge in [0.25, 0.3) is 0 Å². The van der Waals surface area contributed by atoms with Crippen LogP contribution in [0, 0.1) is 0 Å². The van der Waals surface area contributed by atoms with Crippen LogP contribution in [0.5, 0.6) is 0 Å². The van der Waals surface area contributed by atoms with Gasteiger partial charge in [-0.15, -0.1) is 0 Å². The molecule has 1 aliphatic rings. The minimum atomic E-state index is -0.941. The summed E-state index contributed by atoms with van der Waals surface area (Å²) in [5, 5.41) is 2.58. The third-order valence-electron chi connectivity index (χ3n) is 4.27. The van der Waals surface area contributed by atoms with E-state index in [1.807, 2.05) is 18.2 Å². The van der Waals surface area contributed by atoms with Crippen LogP contribution >= 0.6 is 0 Å². The molecular formula is C19H16OS. The number of hydrogen-bond acceptors (Lipinski definition) is 1. The average Bonchev–Trinajstić information content (AvgIpc) is 2.97. The number of benzene rings is 3. The first-order valence-corrected chi connectivity index (χ1v) is 8.49. The van der Waals surface area contributed by atoms with E-state index in [2.05, 4.69) is 48.5 Å². The van der Waals surface area contributed by atoms with Crippen molar-refractivity contribution in [3.05, 3.63) is 77.9 Å². The Balaban J connectivity index is 1.65. The fourth-order valence-corrected chi connectivity index (χ4v) is 4.65. The SMILES string of the molecule is O=S(c1ccc2ccccc2c1)C1Cc2ccccc2C1. The zero-order chi connectivity index (χ0) is 14.2. The molecule has 0 N–H and O–H groups in total. The Morgan fingerprint density at radius 2 is 1.38 bits per heavy atom. The number of rotatable bonds is 2. The molecule has 0 radical (unpaired) electrons. The molecule has 0 fully saturated rings. The van der Waals surface area contributed by atoms with Crippen LogP contribution < -0.4 is 0 Å². The third-order valence-corrected chi connectivity index (χ3v) is 5.93. The van der Waals surface area contributed by atoms with E-state index in [-0.39, 0.29) is 5.25 Å². The lowest BCUT2D eigenvalue weighted by Gasteiger charge is -2.10. The maximum atomic E-state index is 12.9. The van der Waals surface area contributed by atoms with Gasteiger partial charge in [-0.1, -0.05) is 54.6 Å². The highest BCUT2D eigenvalue weighted by Gasteiger charge is 2.26. The van der Waals surface area contributed by atoms with Gasteiger partial charge in [0.2, 0.25) is 0 Å². The highest BCUT2D eigenvalue weighted by atomic mass is 32.2. The summed E-state index contributed by atoms with van der Waals surface area (Å²) in [5.74, 6) is 0. The summed E-state index contributed by atoms with van der Waals surface area (Å²) in [4.78, 5) is 0.950. The predicted octanol–water partition coefficient (Wildman–Crippen LogP) is 4.11. The van der Waals surface area contributed by atoms with E-state index in [1.54, 1.807) is 0 Å². The Kier molecular flexibility index (Phi) is 3.12. The van der Waals surface area contributed by atoms with Crippen LogP contribution in [0.2, 0.25) is 0 Å². The van der Waals surface area contributed by atoms with Crippen molar-refractivity contribution in [3.63, 3.8) is 0 Å². The second-order valence-corrected chi connectivity index (χ2v) is 7.34. The van der Waals surface area contributed by atoms with Gasteiger partial charge in [-0.2, -0.15) is 0 Å². The lowest BCUT2D eigenvalue weighted by molar-refractivity contribution is 0.670. The Labute approximate surface area is 127 Å². The molecule has 0 spiro atoms. The second-order valence-electron chi connectivity index (χ2n) is 5.61. The lowest BCUT2D eigenvalue weighted by Crippen LogP contribution is -2.15. The summed E-state index contributed by atoms with van der Waals surface area (Å²) in [6.07, 6.45) is 1.85. The molecule has 1 atom stereocenters. The van der Waals surface area contributed by atoms with E-state index in [0.29, 0.717) is 0 Å². The van der Waals surface area contributed by atoms with Crippen molar-refractivity contribution < 1.29 is 4.21 Å². The first-order chi connectivity index (χ1) is 10.3. The number of fused-ring (bicyclic) bond motifs is 2. The van der Waals surface area contributed by atoms with Gasteiger partial charge >= 0.3 is 0 Å². The molecule has 0 aromatic heterocycles. The summed E-state index contributed by atoms with van der Waals surface area (Å²) < 4.78 is 12.9. The molecule has 4 rings (SSSR count). The molecule has 0 bridgehead atoms. The molecule has 0 saturated carbocycles. The zero-order valence-electron chi connectivity index (χ0n) is 11.7. The molecule has 0 aliphatic heterocycles. The topological polar surface area (TPSA) is 17.1 Å². The summed E-state index contributed by atoms with van der Waals surface area (Å²) in [7, 11) is -0.941. The van der Waals surface area contributed by atoms with Crippen LogP contribution in [0.25, 0.3) is 10.8 Å². The van der Waals surface area contributed by atoms with Crippen molar-refractivity contribution in [2.24, 2.45) is 0 Å². The molecule has 21 heavy (non-hydrogen) atoms. The zero-order valence-corrected chi connectivity index (χ0v) is 12.5. The van der Waals surface area contributed by atoms with Gasteiger partial charge in [-0.25, -0.2) is 0 Å². The maximum Gasteiger partial charge on any atom is 0.0567 e. The number of hydrogen-bond donors (Lipinski definition) is 0. The molecule has 1 unspecified atom stereocenters. The van der Waals surface area contributed by atoms with Crippen LogP contribution in [0.3, 0.4) is 0 Å². The fraction of sp³-hybridized carbons (Fsp3) is 0.158. The van der Waals surface area contributed by atoms with E-state index in [0.717, 1.165) is 17.7 Å². The van der Waals surface area contributed by atoms with Crippen LogP contribution in [-0.2, 0) is 23.6 Å². The molecule has 1 aliphatic carbocycles. The first-order valence-electron chi connectivity index (χ1n) is 7.27. The van der Waals surface area contributed by atoms with Crippen molar-refractivity contribution in [3.8, 4) is 0 Å². The van der Waals surface area contributed by atoms with E-state index >= 15 is 0 Å². The van der Waals surface area contributed by atoms with Crippen LogP contribution in [0.1, 0.15) is 11.1 Å². The second kappa shape index (κ2) is 5.12. The van der Waals surface area contributed by atoms with Gasteiger partial charge in [-0.05, 0) is 46.9 Å². The lowest BCUT2D eigenvalue weighted by atomic mass is 10.1. The van der Waals surface area contributed by atoms with E-state index in [9.17, 15) is 4.21 Å². The minimum absolute atomic E-state index is 0.212. The van der Waals surface area contributed by atoms with Crippen molar-refractivity contribution >= 4 is 21.6 Å². The molecule has 1 nitrogen and oxygen atoms in total. The molecular weight excluding hydrogens is 276 g/mol. The third kappa shape index (κ3) is 2.30. The van der Waals surface area contributed by atoms with Gasteiger partial charge < -0.3 is 0 Å². The predicted molar refractivity (Wildman–Crippen MR) is 88.0 cm³/mol. The normalized spacial score (nSPS) is 16.0. The highest BCUT2D eigenvalue weighted by molar-refractivity contribution is 7.85. The molecule has 0 saturated heterocycles. The average molecular weight is 292 g/mol. The summed E-state index contributed by atoms with van der Waals surface area (Å²) in [6, 6.07) is 22.9. The van der Waals surface area contributed by atoms with Gasteiger partial charge in [0.15, 0.2) is 0 Å². The standard InChI is InChI=1S/C19H16OS/c20-21(19-12-16-7-3-4-8-17(16)13-19)18-10-9-14-5-1-2-6-15(14)11-18/h1-11,19H,12-13H2. The Bertz CT molecular complexity index is 813. The fourth-order valence-electron chi connectivity index (χ4n) is 3.15. The Morgan fingerprint density at radius 1 is 0.762 bits per heavy atom. The van der Waals surface area contributed by atoms with Crippen molar-refractivity contribution in [2.45, 2.75) is 23.0 Å². The first kappa shape index (κ1) is 12.8. The smallest absolute Gasteiger partial charge is 0.0567 e. The van der Waals surface area contributed by atoms with Crippen LogP contribution in [0.4, 0.5) is 0 Å². The van der Waals surface area contributed by atoms with Gasteiger partial charge in [0.05, 0.1) is 10.8 Å². The summed E-state index contributed by atoms with van der Waals surface area (Å²) in [6.45, 7) is 0. The molecule has 0 amide bonds. The summed E-state index contributed by atoms with van der Waals surface area (Å²) >= 11 is 0. The quantitative estimate of drug-likeness (QED) is 0.694. The van der Waals surface area contributed by atoms with E-state index in [1.165, 1.54) is 21.9 Å². The Hall–Kier alpha value is -1.93. The van der Waals surface area contributed by atoms with Crippen molar-refractivity contribution in [2.75, 3.05) is 0 Å². The van der Waals surface area contributed by atoms with Gasteiger partial charge in [-0.3, -0.25) is 4.21 Å². The molecule has 0 heterocycles. The van der Waals surface area contributed by atoms with E-state index < -0.39 is 10.8 Å². The molecule has 3 aromatic carbocycles. The molecule has 2 heteroatoms. The largest absolute Gasteiger partial charge is 0.254 e. The monoisotopic (exact) mass is 292 g/mol. The summed E-state index contributed by atoms with van der Waals surface area (Å²) in [5.41, 5.74) is 2.72. The van der Waals surface area contributed by atoms with Crippen molar-refractivity contribution in [1.29, 1.82) is 0 Å². The Morgan fingerprint density at radius 3 is 2.10 bits per heavy atom. The molecule has 3 aromatic rings.